The number of carbonyl (C=O) groups is 1. The van der Waals surface area contributed by atoms with Crippen LogP contribution in [0.1, 0.15) is 34.4 Å². The molecule has 1 aromatic carbocycles. The van der Waals surface area contributed by atoms with Crippen molar-refractivity contribution in [1.29, 1.82) is 0 Å². The van der Waals surface area contributed by atoms with E-state index in [1.807, 2.05) is 26.0 Å². The Kier molecular flexibility index (Phi) is 6.55. The highest BCUT2D eigenvalue weighted by atomic mass is 35.5. The van der Waals surface area contributed by atoms with Crippen LogP contribution in [0.3, 0.4) is 0 Å². The summed E-state index contributed by atoms with van der Waals surface area (Å²) in [7, 11) is -3.23. The van der Waals surface area contributed by atoms with E-state index >= 15 is 0 Å². The maximum atomic E-state index is 12.6. The fraction of sp³-hybridized carbons (Fsp3) is 0.450. The van der Waals surface area contributed by atoms with E-state index in [1.54, 1.807) is 24.0 Å². The molecule has 0 unspecified atom stereocenters. The van der Waals surface area contributed by atoms with E-state index in [9.17, 15) is 13.2 Å². The minimum Gasteiger partial charge on any atom is -0.486 e. The van der Waals surface area contributed by atoms with Crippen LogP contribution < -0.4 is 4.74 Å². The topological polar surface area (TPSA) is 80.1 Å². The van der Waals surface area contributed by atoms with Gasteiger partial charge in [-0.3, -0.25) is 4.79 Å². The molecule has 0 saturated carbocycles. The van der Waals surface area contributed by atoms with Gasteiger partial charge in [-0.25, -0.2) is 8.42 Å². The molecule has 1 aromatic heterocycles. The lowest BCUT2D eigenvalue weighted by atomic mass is 10.1. The van der Waals surface area contributed by atoms with Gasteiger partial charge in [0.1, 0.15) is 18.1 Å². The number of aryl methyl sites for hydroxylation is 2. The monoisotopic (exact) mass is 440 g/mol. The maximum Gasteiger partial charge on any atom is 0.289 e. The van der Waals surface area contributed by atoms with Crippen molar-refractivity contribution in [3.63, 3.8) is 0 Å². The summed E-state index contributed by atoms with van der Waals surface area (Å²) in [5.41, 5.74) is 1.86. The van der Waals surface area contributed by atoms with Crippen molar-refractivity contribution in [2.75, 3.05) is 31.9 Å². The normalized spacial score (nSPS) is 15.5. The zero-order valence-corrected chi connectivity index (χ0v) is 18.3. The first-order valence-corrected chi connectivity index (χ1v) is 11.5. The van der Waals surface area contributed by atoms with Gasteiger partial charge in [0.25, 0.3) is 5.91 Å². The largest absolute Gasteiger partial charge is 0.486 e. The predicted molar refractivity (Wildman–Crippen MR) is 111 cm³/mol. The number of nitrogens with zero attached hydrogens (tertiary/aromatic N) is 2. The molecule has 1 aliphatic heterocycles. The van der Waals surface area contributed by atoms with Crippen LogP contribution in [0, 0.1) is 13.8 Å². The minimum absolute atomic E-state index is 0.0646. The summed E-state index contributed by atoms with van der Waals surface area (Å²) in [5, 5.41) is 0.718. The molecule has 0 N–H and O–H groups in total. The van der Waals surface area contributed by atoms with Gasteiger partial charge in [-0.15, -0.1) is 0 Å². The van der Waals surface area contributed by atoms with Crippen LogP contribution in [0.5, 0.6) is 5.75 Å². The summed E-state index contributed by atoms with van der Waals surface area (Å²) in [6.07, 6.45) is 0. The van der Waals surface area contributed by atoms with Crippen LogP contribution in [0.15, 0.2) is 28.7 Å². The van der Waals surface area contributed by atoms with Crippen molar-refractivity contribution in [1.82, 2.24) is 9.21 Å². The Hall–Kier alpha value is -2.03. The standard InChI is InChI=1S/C20H25ClN2O5S/c1-4-29(25,26)23-9-7-22(8-10-23)20(24)18-6-5-16(28-18)13-27-17-11-14(2)19(21)15(3)12-17/h5-6,11-12H,4,7-10,13H2,1-3H3. The predicted octanol–water partition coefficient (Wildman–Crippen LogP) is 3.24. The molecular weight excluding hydrogens is 416 g/mol. The molecule has 1 amide bonds. The summed E-state index contributed by atoms with van der Waals surface area (Å²) in [5.74, 6) is 1.25. The zero-order chi connectivity index (χ0) is 21.2. The van der Waals surface area contributed by atoms with Gasteiger partial charge in [0, 0.05) is 31.2 Å². The molecule has 3 rings (SSSR count). The van der Waals surface area contributed by atoms with Gasteiger partial charge in [-0.05, 0) is 56.2 Å². The van der Waals surface area contributed by atoms with Crippen LogP contribution in [0.4, 0.5) is 0 Å². The Labute approximate surface area is 176 Å². The van der Waals surface area contributed by atoms with E-state index in [0.717, 1.165) is 16.1 Å². The molecule has 0 atom stereocenters. The fourth-order valence-electron chi connectivity index (χ4n) is 3.22. The van der Waals surface area contributed by atoms with Crippen molar-refractivity contribution < 1.29 is 22.4 Å². The first kappa shape index (κ1) is 21.7. The van der Waals surface area contributed by atoms with E-state index in [1.165, 1.54) is 4.31 Å². The number of rotatable bonds is 6. The maximum absolute atomic E-state index is 12.6. The smallest absolute Gasteiger partial charge is 0.289 e. The molecule has 9 heteroatoms. The van der Waals surface area contributed by atoms with E-state index in [0.29, 0.717) is 37.7 Å². The number of ether oxygens (including phenoxy) is 1. The van der Waals surface area contributed by atoms with Crippen molar-refractivity contribution in [2.45, 2.75) is 27.4 Å². The Morgan fingerprint density at radius 1 is 1.14 bits per heavy atom. The molecule has 158 valence electrons. The molecule has 1 fully saturated rings. The molecular formula is C20H25ClN2O5S. The third-order valence-corrected chi connectivity index (χ3v) is 7.43. The third kappa shape index (κ3) is 4.94. The second kappa shape index (κ2) is 8.77. The van der Waals surface area contributed by atoms with Gasteiger partial charge >= 0.3 is 0 Å². The molecule has 0 radical (unpaired) electrons. The molecule has 2 aromatic rings. The molecule has 1 aliphatic rings. The SMILES string of the molecule is CCS(=O)(=O)N1CCN(C(=O)c2ccc(COc3cc(C)c(Cl)c(C)c3)o2)CC1. The quantitative estimate of drug-likeness (QED) is 0.688. The van der Waals surface area contributed by atoms with E-state index in [4.69, 9.17) is 20.8 Å². The first-order chi connectivity index (χ1) is 13.7. The molecule has 0 spiro atoms. The number of hydrogen-bond donors (Lipinski definition) is 0. The Balaban J connectivity index is 1.58. The lowest BCUT2D eigenvalue weighted by Gasteiger charge is -2.33. The molecule has 1 saturated heterocycles. The van der Waals surface area contributed by atoms with Gasteiger partial charge in [-0.1, -0.05) is 11.6 Å². The van der Waals surface area contributed by atoms with Crippen LogP contribution in [-0.2, 0) is 16.6 Å². The average Bonchev–Trinajstić information content (AvgIpc) is 3.19. The van der Waals surface area contributed by atoms with Gasteiger partial charge in [-0.2, -0.15) is 4.31 Å². The number of piperazine rings is 1. The summed E-state index contributed by atoms with van der Waals surface area (Å²) in [6.45, 7) is 6.92. The first-order valence-electron chi connectivity index (χ1n) is 9.46. The number of carbonyl (C=O) groups excluding carboxylic acids is 1. The van der Waals surface area contributed by atoms with Gasteiger partial charge in [0.15, 0.2) is 5.76 Å². The van der Waals surface area contributed by atoms with Crippen LogP contribution in [0.2, 0.25) is 5.02 Å². The molecule has 0 aliphatic carbocycles. The zero-order valence-electron chi connectivity index (χ0n) is 16.8. The lowest BCUT2D eigenvalue weighted by molar-refractivity contribution is 0.0662. The average molecular weight is 441 g/mol. The Bertz CT molecular complexity index is 971. The fourth-order valence-corrected chi connectivity index (χ4v) is 4.42. The highest BCUT2D eigenvalue weighted by Gasteiger charge is 2.29. The number of halogens is 1. The highest BCUT2D eigenvalue weighted by Crippen LogP contribution is 2.26. The van der Waals surface area contributed by atoms with Crippen molar-refractivity contribution in [2.24, 2.45) is 0 Å². The van der Waals surface area contributed by atoms with Crippen molar-refractivity contribution in [3.05, 3.63) is 51.9 Å². The second-order valence-electron chi connectivity index (χ2n) is 7.02. The van der Waals surface area contributed by atoms with Gasteiger partial charge < -0.3 is 14.1 Å². The van der Waals surface area contributed by atoms with Crippen LogP contribution in [-0.4, -0.2) is 55.5 Å². The van der Waals surface area contributed by atoms with Crippen LogP contribution >= 0.6 is 11.6 Å². The number of amides is 1. The van der Waals surface area contributed by atoms with Crippen LogP contribution in [0.25, 0.3) is 0 Å². The third-order valence-electron chi connectivity index (χ3n) is 4.95. The van der Waals surface area contributed by atoms with Crippen molar-refractivity contribution >= 4 is 27.5 Å². The van der Waals surface area contributed by atoms with E-state index < -0.39 is 10.0 Å². The number of hydrogen-bond acceptors (Lipinski definition) is 5. The van der Waals surface area contributed by atoms with Gasteiger partial charge in [0.05, 0.1) is 5.75 Å². The molecule has 2 heterocycles. The highest BCUT2D eigenvalue weighted by molar-refractivity contribution is 7.89. The second-order valence-corrected chi connectivity index (χ2v) is 9.65. The molecule has 0 bridgehead atoms. The van der Waals surface area contributed by atoms with Gasteiger partial charge in [0.2, 0.25) is 10.0 Å². The Morgan fingerprint density at radius 2 is 1.76 bits per heavy atom. The lowest BCUT2D eigenvalue weighted by Crippen LogP contribution is -2.50. The number of furan rings is 1. The minimum atomic E-state index is -3.23. The number of benzene rings is 1. The summed E-state index contributed by atoms with van der Waals surface area (Å²) < 4.78 is 36.7. The van der Waals surface area contributed by atoms with E-state index in [-0.39, 0.29) is 24.0 Å². The molecule has 7 nitrogen and oxygen atoms in total. The Morgan fingerprint density at radius 3 is 2.34 bits per heavy atom. The molecule has 29 heavy (non-hydrogen) atoms. The summed E-state index contributed by atoms with van der Waals surface area (Å²) in [4.78, 5) is 14.3. The number of sulfonamides is 1. The summed E-state index contributed by atoms with van der Waals surface area (Å²) >= 11 is 6.17. The summed E-state index contributed by atoms with van der Waals surface area (Å²) in [6, 6.07) is 7.04. The van der Waals surface area contributed by atoms with Crippen molar-refractivity contribution in [3.8, 4) is 5.75 Å². The van der Waals surface area contributed by atoms with E-state index in [2.05, 4.69) is 0 Å².